The van der Waals surface area contributed by atoms with Crippen LogP contribution in [0.15, 0.2) is 12.4 Å². The average molecular weight is 397 g/mol. The van der Waals surface area contributed by atoms with Gasteiger partial charge in [0, 0.05) is 19.8 Å². The van der Waals surface area contributed by atoms with Crippen molar-refractivity contribution in [3.05, 3.63) is 35.3 Å². The molecule has 1 N–H and O–H groups in total. The van der Waals surface area contributed by atoms with Crippen molar-refractivity contribution in [3.63, 3.8) is 0 Å². The first-order valence-electron chi connectivity index (χ1n) is 9.59. The van der Waals surface area contributed by atoms with Crippen LogP contribution < -0.4 is 10.1 Å². The number of aromatic nitrogens is 4. The molecular weight excluding hydrogens is 373 g/mol. The van der Waals surface area contributed by atoms with Crippen molar-refractivity contribution in [1.29, 1.82) is 5.26 Å². The second-order valence-electron chi connectivity index (χ2n) is 7.81. The Labute approximate surface area is 169 Å². The molecule has 0 amide bonds. The molecule has 2 aromatic heterocycles. The Morgan fingerprint density at radius 3 is 2.79 bits per heavy atom. The highest BCUT2D eigenvalue weighted by Crippen LogP contribution is 2.29. The third-order valence-electron chi connectivity index (χ3n) is 5.18. The van der Waals surface area contributed by atoms with Gasteiger partial charge >= 0.3 is 5.66 Å². The second kappa shape index (κ2) is 8.44. The molecule has 0 unspecified atom stereocenters. The summed E-state index contributed by atoms with van der Waals surface area (Å²) in [6.07, 6.45) is 6.27. The van der Waals surface area contributed by atoms with E-state index >= 15 is 0 Å². The Hall–Kier alpha value is -3.20. The second-order valence-corrected chi connectivity index (χ2v) is 7.81. The lowest BCUT2D eigenvalue weighted by Gasteiger charge is -2.24. The van der Waals surface area contributed by atoms with Gasteiger partial charge in [-0.05, 0) is 38.5 Å². The number of ether oxygens (including phenoxy) is 1. The molecule has 1 saturated carbocycles. The largest absolute Gasteiger partial charge is 0.475 e. The highest BCUT2D eigenvalue weighted by Gasteiger charge is 2.27. The van der Waals surface area contributed by atoms with E-state index < -0.39 is 11.5 Å². The van der Waals surface area contributed by atoms with Crippen LogP contribution in [0.25, 0.3) is 4.85 Å². The van der Waals surface area contributed by atoms with Gasteiger partial charge in [0.05, 0.1) is 36.5 Å². The van der Waals surface area contributed by atoms with Crippen LogP contribution >= 0.6 is 0 Å². The van der Waals surface area contributed by atoms with Crippen molar-refractivity contribution in [2.45, 2.75) is 52.1 Å². The van der Waals surface area contributed by atoms with Gasteiger partial charge in [-0.1, -0.05) is 0 Å². The fourth-order valence-electron chi connectivity index (χ4n) is 3.20. The van der Waals surface area contributed by atoms with Crippen molar-refractivity contribution >= 4 is 11.6 Å². The van der Waals surface area contributed by atoms with Gasteiger partial charge in [-0.2, -0.15) is 24.4 Å². The normalized spacial score (nSPS) is 19.2. The van der Waals surface area contributed by atoms with Gasteiger partial charge in [0.1, 0.15) is 0 Å². The van der Waals surface area contributed by atoms with Gasteiger partial charge in [0.15, 0.2) is 0 Å². The fourth-order valence-corrected chi connectivity index (χ4v) is 3.20. The zero-order valence-electron chi connectivity index (χ0n) is 16.8. The van der Waals surface area contributed by atoms with Gasteiger partial charge < -0.3 is 10.1 Å². The minimum atomic E-state index is -0.812. The van der Waals surface area contributed by atoms with Crippen LogP contribution in [0, 0.1) is 42.5 Å². The molecule has 2 aromatic rings. The fraction of sp³-hybridized carbons (Fsp3) is 0.550. The first-order chi connectivity index (χ1) is 13.8. The zero-order chi connectivity index (χ0) is 21.0. The number of nitrogens with one attached hydrogen (secondary N) is 1. The van der Waals surface area contributed by atoms with Gasteiger partial charge in [-0.25, -0.2) is 11.6 Å². The molecule has 0 radical (unpaired) electrons. The van der Waals surface area contributed by atoms with E-state index in [2.05, 4.69) is 31.3 Å². The predicted molar refractivity (Wildman–Crippen MR) is 105 cm³/mol. The van der Waals surface area contributed by atoms with E-state index in [1.807, 2.05) is 0 Å². The molecule has 9 heteroatoms. The molecule has 0 aliphatic heterocycles. The summed E-state index contributed by atoms with van der Waals surface area (Å²) in [5.41, 5.74) is 0.494. The minimum absolute atomic E-state index is 0.101. The lowest BCUT2D eigenvalue weighted by Crippen LogP contribution is -2.22. The average Bonchev–Trinajstić information content (AvgIpc) is 3.10. The highest BCUT2D eigenvalue weighted by atomic mass is 19.1. The van der Waals surface area contributed by atoms with Gasteiger partial charge in [0.25, 0.3) is 5.88 Å². The van der Waals surface area contributed by atoms with E-state index in [-0.39, 0.29) is 17.7 Å². The van der Waals surface area contributed by atoms with Crippen molar-refractivity contribution in [3.8, 4) is 11.9 Å². The van der Waals surface area contributed by atoms with Crippen molar-refractivity contribution in [2.24, 2.45) is 11.8 Å². The highest BCUT2D eigenvalue weighted by molar-refractivity contribution is 5.55. The summed E-state index contributed by atoms with van der Waals surface area (Å²) in [7, 11) is 0. The maximum atomic E-state index is 14.1. The zero-order valence-corrected chi connectivity index (χ0v) is 16.8. The summed E-state index contributed by atoms with van der Waals surface area (Å²) in [5, 5.41) is 16.4. The molecule has 1 aliphatic rings. The van der Waals surface area contributed by atoms with Crippen LogP contribution in [0.2, 0.25) is 0 Å². The summed E-state index contributed by atoms with van der Waals surface area (Å²) in [4.78, 5) is 11.7. The number of anilines is 2. The predicted octanol–water partition coefficient (Wildman–Crippen LogP) is 4.18. The summed E-state index contributed by atoms with van der Waals surface area (Å²) < 4.78 is 21.3. The molecule has 29 heavy (non-hydrogen) atoms. The van der Waals surface area contributed by atoms with Crippen molar-refractivity contribution < 1.29 is 9.13 Å². The molecule has 8 nitrogen and oxygen atoms in total. The number of rotatable bonds is 6. The first-order valence-corrected chi connectivity index (χ1v) is 9.59. The molecule has 152 valence electrons. The first kappa shape index (κ1) is 20.5. The molecule has 0 atom stereocenters. The van der Waals surface area contributed by atoms with Crippen LogP contribution in [0.5, 0.6) is 5.88 Å². The van der Waals surface area contributed by atoms with E-state index in [0.29, 0.717) is 23.9 Å². The minimum Gasteiger partial charge on any atom is -0.475 e. The number of hydrogen-bond donors (Lipinski definition) is 1. The Kier molecular flexibility index (Phi) is 5.97. The number of halogens is 1. The van der Waals surface area contributed by atoms with E-state index in [1.54, 1.807) is 31.6 Å². The number of nitrogens with zero attached hydrogens (tertiary/aromatic N) is 6. The van der Waals surface area contributed by atoms with Crippen molar-refractivity contribution in [1.82, 2.24) is 19.7 Å². The Morgan fingerprint density at radius 2 is 2.14 bits per heavy atom. The molecule has 1 aliphatic carbocycles. The molecule has 1 fully saturated rings. The third kappa shape index (κ3) is 4.80. The number of nitriles is 1. The third-order valence-corrected chi connectivity index (χ3v) is 5.18. The van der Waals surface area contributed by atoms with Gasteiger partial charge in [-0.3, -0.25) is 4.85 Å². The molecule has 0 saturated heterocycles. The summed E-state index contributed by atoms with van der Waals surface area (Å²) >= 11 is 0. The lowest BCUT2D eigenvalue weighted by molar-refractivity contribution is 0.185. The molecule has 2 heterocycles. The lowest BCUT2D eigenvalue weighted by atomic mass is 9.83. The van der Waals surface area contributed by atoms with Crippen molar-refractivity contribution in [2.75, 3.05) is 11.9 Å². The quantitative estimate of drug-likeness (QED) is 0.735. The van der Waals surface area contributed by atoms with Crippen LogP contribution in [-0.2, 0) is 5.66 Å². The van der Waals surface area contributed by atoms with Crippen LogP contribution in [0.3, 0.4) is 0 Å². The van der Waals surface area contributed by atoms with Gasteiger partial charge in [-0.15, -0.1) is 0 Å². The topological polar surface area (TPSA) is 93.0 Å². The van der Waals surface area contributed by atoms with Crippen LogP contribution in [0.4, 0.5) is 16.0 Å². The number of hydrogen-bond acceptors (Lipinski definition) is 6. The maximum absolute atomic E-state index is 14.1. The molecule has 0 bridgehead atoms. The number of aryl methyl sites for hydroxylation is 1. The van der Waals surface area contributed by atoms with Crippen LogP contribution in [0.1, 0.15) is 45.2 Å². The Balaban J connectivity index is 1.67. The van der Waals surface area contributed by atoms with Gasteiger partial charge in [0.2, 0.25) is 11.8 Å². The summed E-state index contributed by atoms with van der Waals surface area (Å²) in [6, 6.07) is 2.30. The smallest absolute Gasteiger partial charge is 0.319 e. The summed E-state index contributed by atoms with van der Waals surface area (Å²) in [5.74, 6) is -0.117. The molecule has 3 rings (SSSR count). The summed E-state index contributed by atoms with van der Waals surface area (Å²) in [6.45, 7) is 13.0. The standard InChI is InChI=1S/C20H24FN7O/c1-13-17(11-28(27-13)20(2,3)23-4)25-19-24-10-16(21)18(26-19)29-12-15-7-5-14(9-22)6-8-15/h10-11,14-15H,5-8,12H2,1-3H3,(H,24,25,26). The Bertz CT molecular complexity index is 949. The monoisotopic (exact) mass is 397 g/mol. The van der Waals surface area contributed by atoms with E-state index in [9.17, 15) is 4.39 Å². The van der Waals surface area contributed by atoms with E-state index in [4.69, 9.17) is 16.6 Å². The van der Waals surface area contributed by atoms with Crippen LogP contribution in [-0.4, -0.2) is 26.4 Å². The Morgan fingerprint density at radius 1 is 1.41 bits per heavy atom. The molecule has 0 spiro atoms. The maximum Gasteiger partial charge on any atom is 0.319 e. The molecule has 0 aromatic carbocycles. The van der Waals surface area contributed by atoms with E-state index in [1.165, 1.54) is 0 Å². The SMILES string of the molecule is [C-]#[N+]C(C)(C)n1cc(Nc2ncc(F)c(OCC3CCC(C#N)CC3)n2)c(C)n1. The molecular formula is C20H24FN7O. The van der Waals surface area contributed by atoms with E-state index in [0.717, 1.165) is 31.9 Å².